The normalized spacial score (nSPS) is 26.1. The fraction of sp³-hybridized carbons (Fsp3) is 0.333. The zero-order valence-electron chi connectivity index (χ0n) is 11.5. The first-order valence-electron chi connectivity index (χ1n) is 6.64. The average molecular weight is 339 g/mol. The van der Waals surface area contributed by atoms with Gasteiger partial charge in [-0.1, -0.05) is 29.8 Å². The molecule has 4 unspecified atom stereocenters. The molecule has 6 heteroatoms. The predicted octanol–water partition coefficient (Wildman–Crippen LogP) is 4.64. The lowest BCUT2D eigenvalue weighted by molar-refractivity contribution is 0.472. The SMILES string of the molecule is CS(=O)CC1C(c2ccc(Cl)cc2)N=NC1c1cccs1. The van der Waals surface area contributed by atoms with Gasteiger partial charge in [-0.2, -0.15) is 10.2 Å². The lowest BCUT2D eigenvalue weighted by Gasteiger charge is -2.20. The Bertz CT molecular complexity index is 655. The summed E-state index contributed by atoms with van der Waals surface area (Å²) >= 11 is 7.62. The first-order valence-corrected chi connectivity index (χ1v) is 9.62. The molecule has 0 bridgehead atoms. The van der Waals surface area contributed by atoms with Gasteiger partial charge in [0.05, 0.1) is 0 Å². The monoisotopic (exact) mass is 338 g/mol. The number of nitrogens with zero attached hydrogens (tertiary/aromatic N) is 2. The first kappa shape index (κ1) is 14.9. The summed E-state index contributed by atoms with van der Waals surface area (Å²) in [5, 5.41) is 11.7. The minimum atomic E-state index is -0.878. The number of rotatable bonds is 4. The van der Waals surface area contributed by atoms with Gasteiger partial charge in [0.2, 0.25) is 0 Å². The van der Waals surface area contributed by atoms with Crippen LogP contribution in [0.3, 0.4) is 0 Å². The van der Waals surface area contributed by atoms with Crippen molar-refractivity contribution in [2.75, 3.05) is 12.0 Å². The van der Waals surface area contributed by atoms with Crippen LogP contribution >= 0.6 is 22.9 Å². The Morgan fingerprint density at radius 1 is 1.19 bits per heavy atom. The summed E-state index contributed by atoms with van der Waals surface area (Å²) in [5.41, 5.74) is 1.08. The standard InChI is InChI=1S/C15H15ClN2OS2/c1-21(19)9-12-14(10-4-6-11(16)7-5-10)17-18-15(12)13-3-2-8-20-13/h2-8,12,14-15H,9H2,1H3. The summed E-state index contributed by atoms with van der Waals surface area (Å²) in [5.74, 6) is 0.735. The Balaban J connectivity index is 1.91. The molecule has 3 rings (SSSR count). The second-order valence-corrected chi connectivity index (χ2v) is 7.99. The molecule has 1 aromatic carbocycles. The molecule has 2 aromatic rings. The Labute approximate surface area is 135 Å². The maximum absolute atomic E-state index is 11.8. The molecule has 0 aliphatic carbocycles. The molecule has 2 heterocycles. The largest absolute Gasteiger partial charge is 0.260 e. The number of benzene rings is 1. The van der Waals surface area contributed by atoms with E-state index in [9.17, 15) is 4.21 Å². The Hall–Kier alpha value is -1.04. The van der Waals surface area contributed by atoms with Crippen molar-refractivity contribution >= 4 is 33.7 Å². The lowest BCUT2D eigenvalue weighted by Crippen LogP contribution is -2.20. The van der Waals surface area contributed by atoms with Crippen LogP contribution in [0.15, 0.2) is 52.0 Å². The molecule has 0 fully saturated rings. The molecule has 4 atom stereocenters. The molecule has 0 saturated heterocycles. The second-order valence-electron chi connectivity index (χ2n) is 5.09. The summed E-state index contributed by atoms with van der Waals surface area (Å²) in [6.45, 7) is 0. The Morgan fingerprint density at radius 3 is 2.52 bits per heavy atom. The van der Waals surface area contributed by atoms with Crippen molar-refractivity contribution < 1.29 is 4.21 Å². The molecule has 1 aliphatic heterocycles. The summed E-state index contributed by atoms with van der Waals surface area (Å²) in [6.07, 6.45) is 1.74. The summed E-state index contributed by atoms with van der Waals surface area (Å²) < 4.78 is 11.8. The van der Waals surface area contributed by atoms with E-state index in [-0.39, 0.29) is 18.0 Å². The summed E-state index contributed by atoms with van der Waals surface area (Å²) in [7, 11) is -0.878. The van der Waals surface area contributed by atoms with Gasteiger partial charge in [0.1, 0.15) is 12.1 Å². The van der Waals surface area contributed by atoms with Crippen molar-refractivity contribution in [3.05, 3.63) is 57.2 Å². The second kappa shape index (κ2) is 6.38. The summed E-state index contributed by atoms with van der Waals surface area (Å²) in [4.78, 5) is 1.19. The number of halogens is 1. The highest BCUT2D eigenvalue weighted by molar-refractivity contribution is 7.84. The summed E-state index contributed by atoms with van der Waals surface area (Å²) in [6, 6.07) is 11.8. The highest BCUT2D eigenvalue weighted by Crippen LogP contribution is 2.45. The molecular formula is C15H15ClN2OS2. The zero-order chi connectivity index (χ0) is 14.8. The maximum atomic E-state index is 11.8. The zero-order valence-corrected chi connectivity index (χ0v) is 13.9. The van der Waals surface area contributed by atoms with Gasteiger partial charge in [-0.15, -0.1) is 11.3 Å². The molecule has 1 aromatic heterocycles. The third-order valence-electron chi connectivity index (χ3n) is 3.60. The molecule has 1 aliphatic rings. The third-order valence-corrected chi connectivity index (χ3v) is 5.65. The van der Waals surface area contributed by atoms with E-state index in [1.54, 1.807) is 17.6 Å². The average Bonchev–Trinajstić information content (AvgIpc) is 3.08. The smallest absolute Gasteiger partial charge is 0.111 e. The highest BCUT2D eigenvalue weighted by atomic mass is 35.5. The molecule has 21 heavy (non-hydrogen) atoms. The van der Waals surface area contributed by atoms with E-state index in [2.05, 4.69) is 16.3 Å². The van der Waals surface area contributed by atoms with Crippen molar-refractivity contribution in [3.63, 3.8) is 0 Å². The number of thiophene rings is 1. The van der Waals surface area contributed by atoms with E-state index < -0.39 is 10.8 Å². The molecule has 3 nitrogen and oxygen atoms in total. The molecule has 0 amide bonds. The number of azo groups is 1. The van der Waals surface area contributed by atoms with E-state index in [0.717, 1.165) is 5.56 Å². The van der Waals surface area contributed by atoms with Gasteiger partial charge in [-0.3, -0.25) is 4.21 Å². The van der Waals surface area contributed by atoms with E-state index >= 15 is 0 Å². The fourth-order valence-corrected chi connectivity index (χ4v) is 4.51. The van der Waals surface area contributed by atoms with Crippen LogP contribution in [0, 0.1) is 5.92 Å². The van der Waals surface area contributed by atoms with Crippen LogP contribution in [0.25, 0.3) is 0 Å². The lowest BCUT2D eigenvalue weighted by atomic mass is 9.90. The van der Waals surface area contributed by atoms with E-state index in [0.29, 0.717) is 10.8 Å². The predicted molar refractivity (Wildman–Crippen MR) is 88.5 cm³/mol. The Morgan fingerprint density at radius 2 is 1.90 bits per heavy atom. The van der Waals surface area contributed by atoms with Crippen molar-refractivity contribution in [2.24, 2.45) is 16.1 Å². The molecule has 0 N–H and O–H groups in total. The maximum Gasteiger partial charge on any atom is 0.111 e. The fourth-order valence-electron chi connectivity index (χ4n) is 2.64. The molecular weight excluding hydrogens is 324 g/mol. The van der Waals surface area contributed by atoms with Gasteiger partial charge in [0, 0.05) is 38.6 Å². The highest BCUT2D eigenvalue weighted by Gasteiger charge is 2.38. The third kappa shape index (κ3) is 3.25. The molecule has 0 spiro atoms. The molecule has 0 radical (unpaired) electrons. The first-order chi connectivity index (χ1) is 10.1. The van der Waals surface area contributed by atoms with Gasteiger partial charge < -0.3 is 0 Å². The molecule has 110 valence electrons. The van der Waals surface area contributed by atoms with Crippen LogP contribution in [0.5, 0.6) is 0 Å². The van der Waals surface area contributed by atoms with Crippen LogP contribution < -0.4 is 0 Å². The van der Waals surface area contributed by atoms with Gasteiger partial charge in [0.15, 0.2) is 0 Å². The van der Waals surface area contributed by atoms with Gasteiger partial charge in [0.25, 0.3) is 0 Å². The number of hydrogen-bond acceptors (Lipinski definition) is 4. The van der Waals surface area contributed by atoms with Crippen molar-refractivity contribution in [3.8, 4) is 0 Å². The van der Waals surface area contributed by atoms with E-state index in [1.807, 2.05) is 35.7 Å². The van der Waals surface area contributed by atoms with E-state index in [4.69, 9.17) is 11.6 Å². The van der Waals surface area contributed by atoms with Crippen LogP contribution in [0.2, 0.25) is 5.02 Å². The quantitative estimate of drug-likeness (QED) is 0.800. The van der Waals surface area contributed by atoms with Crippen LogP contribution in [-0.4, -0.2) is 16.2 Å². The van der Waals surface area contributed by atoms with Crippen molar-refractivity contribution in [1.82, 2.24) is 0 Å². The minimum absolute atomic E-state index is 0.00887. The van der Waals surface area contributed by atoms with Gasteiger partial charge >= 0.3 is 0 Å². The van der Waals surface area contributed by atoms with Crippen molar-refractivity contribution in [1.29, 1.82) is 0 Å². The van der Waals surface area contributed by atoms with E-state index in [1.165, 1.54) is 4.88 Å². The minimum Gasteiger partial charge on any atom is -0.260 e. The molecule has 0 saturated carbocycles. The van der Waals surface area contributed by atoms with Crippen LogP contribution in [0.1, 0.15) is 22.5 Å². The Kier molecular flexibility index (Phi) is 4.52. The number of hydrogen-bond donors (Lipinski definition) is 0. The topological polar surface area (TPSA) is 41.8 Å². The van der Waals surface area contributed by atoms with Crippen LogP contribution in [0.4, 0.5) is 0 Å². The van der Waals surface area contributed by atoms with Crippen LogP contribution in [-0.2, 0) is 10.8 Å². The van der Waals surface area contributed by atoms with Crippen molar-refractivity contribution in [2.45, 2.75) is 12.1 Å². The van der Waals surface area contributed by atoms with Gasteiger partial charge in [-0.05, 0) is 29.1 Å². The van der Waals surface area contributed by atoms with Gasteiger partial charge in [-0.25, -0.2) is 0 Å².